The first-order valence-corrected chi connectivity index (χ1v) is 13.0. The fourth-order valence-corrected chi connectivity index (χ4v) is 5.08. The number of hydrogen-bond donors (Lipinski definition) is 2. The Kier molecular flexibility index (Phi) is 8.64. The SMILES string of the molecule is Cc1ccc(CN2C(=O)CCc3cc(OCCCC/C(=N/N)N(N)C4CCCCC4)ccc32)cc1. The van der Waals surface area contributed by atoms with Crippen LogP contribution in [0.4, 0.5) is 5.69 Å². The van der Waals surface area contributed by atoms with Crippen LogP contribution in [0.3, 0.4) is 0 Å². The lowest BCUT2D eigenvalue weighted by Gasteiger charge is -2.32. The van der Waals surface area contributed by atoms with Crippen LogP contribution in [-0.4, -0.2) is 29.4 Å². The highest BCUT2D eigenvalue weighted by molar-refractivity contribution is 5.96. The lowest BCUT2D eigenvalue weighted by molar-refractivity contribution is -0.119. The molecule has 7 heteroatoms. The number of aryl methyl sites for hydroxylation is 2. The predicted molar refractivity (Wildman–Crippen MR) is 141 cm³/mol. The molecule has 7 nitrogen and oxygen atoms in total. The third-order valence-electron chi connectivity index (χ3n) is 7.19. The van der Waals surface area contributed by atoms with E-state index in [9.17, 15) is 4.79 Å². The molecule has 35 heavy (non-hydrogen) atoms. The Morgan fingerprint density at radius 1 is 1.09 bits per heavy atom. The molecule has 2 aromatic carbocycles. The molecule has 1 amide bonds. The van der Waals surface area contributed by atoms with Gasteiger partial charge in [0, 0.05) is 24.6 Å². The van der Waals surface area contributed by atoms with Crippen LogP contribution in [0.15, 0.2) is 47.6 Å². The maximum absolute atomic E-state index is 12.6. The monoisotopic (exact) mass is 477 g/mol. The van der Waals surface area contributed by atoms with Gasteiger partial charge in [0.1, 0.15) is 11.6 Å². The molecule has 0 radical (unpaired) electrons. The summed E-state index contributed by atoms with van der Waals surface area (Å²) in [6, 6.07) is 14.8. The highest BCUT2D eigenvalue weighted by Crippen LogP contribution is 2.32. The van der Waals surface area contributed by atoms with Crippen LogP contribution >= 0.6 is 0 Å². The van der Waals surface area contributed by atoms with Gasteiger partial charge in [-0.15, -0.1) is 0 Å². The van der Waals surface area contributed by atoms with E-state index in [1.807, 2.05) is 17.0 Å². The zero-order valence-electron chi connectivity index (χ0n) is 20.9. The average molecular weight is 478 g/mol. The number of hydrogen-bond acceptors (Lipinski definition) is 5. The molecule has 2 aromatic rings. The number of amidine groups is 1. The number of carbonyl (C=O) groups is 1. The van der Waals surface area contributed by atoms with Crippen LogP contribution in [-0.2, 0) is 17.8 Å². The number of ether oxygens (including phenoxy) is 1. The van der Waals surface area contributed by atoms with Crippen molar-refractivity contribution in [3.63, 3.8) is 0 Å². The first kappa shape index (κ1) is 25.0. The minimum atomic E-state index is 0.172. The highest BCUT2D eigenvalue weighted by Gasteiger charge is 2.25. The molecule has 1 aliphatic heterocycles. The number of nitrogens with zero attached hydrogens (tertiary/aromatic N) is 3. The standard InChI is InChI=1S/C28H39N5O2/c1-21-10-12-22(13-11-21)20-32-26-16-15-25(19-23(26)14-17-28(32)34)35-18-6-5-9-27(31-29)33(30)24-7-3-2-4-8-24/h10-13,15-16,19,24H,2-9,14,17-18,20,29-30H2,1H3/b31-27-. The molecule has 1 fully saturated rings. The van der Waals surface area contributed by atoms with Gasteiger partial charge in [0.05, 0.1) is 13.2 Å². The molecule has 0 unspecified atom stereocenters. The fraction of sp³-hybridized carbons (Fsp3) is 0.500. The zero-order chi connectivity index (χ0) is 24.6. The van der Waals surface area contributed by atoms with E-state index in [1.165, 1.54) is 24.8 Å². The topological polar surface area (TPSA) is 97.2 Å². The van der Waals surface area contributed by atoms with E-state index in [-0.39, 0.29) is 5.91 Å². The molecule has 0 bridgehead atoms. The first-order valence-electron chi connectivity index (χ1n) is 13.0. The number of unbranched alkanes of at least 4 members (excludes halogenated alkanes) is 1. The molecule has 4 N–H and O–H groups in total. The van der Waals surface area contributed by atoms with Crippen molar-refractivity contribution in [1.82, 2.24) is 5.01 Å². The maximum atomic E-state index is 12.6. The molecule has 2 aliphatic rings. The van der Waals surface area contributed by atoms with E-state index in [0.29, 0.717) is 25.6 Å². The second kappa shape index (κ2) is 12.1. The number of rotatable bonds is 9. The van der Waals surface area contributed by atoms with Gasteiger partial charge >= 0.3 is 0 Å². The summed E-state index contributed by atoms with van der Waals surface area (Å²) in [6.45, 7) is 3.29. The van der Waals surface area contributed by atoms with E-state index >= 15 is 0 Å². The van der Waals surface area contributed by atoms with E-state index < -0.39 is 0 Å². The van der Waals surface area contributed by atoms with Crippen molar-refractivity contribution >= 4 is 17.4 Å². The Balaban J connectivity index is 1.27. The molecule has 0 spiro atoms. The molecule has 4 rings (SSSR count). The molecule has 0 saturated heterocycles. The summed E-state index contributed by atoms with van der Waals surface area (Å²) in [5.74, 6) is 13.8. The van der Waals surface area contributed by atoms with Gasteiger partial charge in [-0.25, -0.2) is 5.84 Å². The molecular weight excluding hydrogens is 438 g/mol. The Bertz CT molecular complexity index is 1010. The van der Waals surface area contributed by atoms with Gasteiger partial charge in [0.25, 0.3) is 0 Å². The summed E-state index contributed by atoms with van der Waals surface area (Å²) in [4.78, 5) is 14.5. The molecule has 1 heterocycles. The normalized spacial score (nSPS) is 16.8. The van der Waals surface area contributed by atoms with Gasteiger partial charge < -0.3 is 15.5 Å². The Morgan fingerprint density at radius 3 is 2.60 bits per heavy atom. The molecular formula is C28H39N5O2. The first-order chi connectivity index (χ1) is 17.0. The third-order valence-corrected chi connectivity index (χ3v) is 7.19. The summed E-state index contributed by atoms with van der Waals surface area (Å²) in [7, 11) is 0. The number of hydrazone groups is 1. The van der Waals surface area contributed by atoms with Crippen LogP contribution in [0, 0.1) is 6.92 Å². The summed E-state index contributed by atoms with van der Waals surface area (Å²) >= 11 is 0. The fourth-order valence-electron chi connectivity index (χ4n) is 5.08. The van der Waals surface area contributed by atoms with Crippen LogP contribution in [0.25, 0.3) is 0 Å². The van der Waals surface area contributed by atoms with E-state index in [2.05, 4.69) is 42.4 Å². The third kappa shape index (κ3) is 6.54. The van der Waals surface area contributed by atoms with Gasteiger partial charge in [-0.1, -0.05) is 49.1 Å². The summed E-state index contributed by atoms with van der Waals surface area (Å²) in [6.07, 6.45) is 9.82. The second-order valence-corrected chi connectivity index (χ2v) is 9.81. The van der Waals surface area contributed by atoms with Gasteiger partial charge in [0.2, 0.25) is 5.91 Å². The van der Waals surface area contributed by atoms with Crippen molar-refractivity contribution in [3.8, 4) is 5.75 Å². The number of anilines is 1. The van der Waals surface area contributed by atoms with Crippen LogP contribution in [0.5, 0.6) is 5.75 Å². The summed E-state index contributed by atoms with van der Waals surface area (Å²) in [5, 5.41) is 5.76. The minimum absolute atomic E-state index is 0.172. The van der Waals surface area contributed by atoms with Crippen molar-refractivity contribution in [2.75, 3.05) is 11.5 Å². The van der Waals surface area contributed by atoms with Crippen LogP contribution in [0.1, 0.15) is 74.5 Å². The van der Waals surface area contributed by atoms with Crippen LogP contribution in [0.2, 0.25) is 0 Å². The molecule has 188 valence electrons. The van der Waals surface area contributed by atoms with E-state index in [0.717, 1.165) is 66.9 Å². The number of hydrazine groups is 1. The van der Waals surface area contributed by atoms with Gasteiger partial charge in [0.15, 0.2) is 0 Å². The van der Waals surface area contributed by atoms with E-state index in [1.54, 1.807) is 5.01 Å². The van der Waals surface area contributed by atoms with Gasteiger partial charge in [-0.05, 0) is 68.4 Å². The predicted octanol–water partition coefficient (Wildman–Crippen LogP) is 4.80. The quantitative estimate of drug-likeness (QED) is 0.178. The molecule has 1 saturated carbocycles. The lowest BCUT2D eigenvalue weighted by atomic mass is 9.95. The number of carbonyl (C=O) groups excluding carboxylic acids is 1. The van der Waals surface area contributed by atoms with Gasteiger partial charge in [-0.3, -0.25) is 9.80 Å². The molecule has 1 aliphatic carbocycles. The van der Waals surface area contributed by atoms with Crippen molar-refractivity contribution in [3.05, 3.63) is 59.2 Å². The highest BCUT2D eigenvalue weighted by atomic mass is 16.5. The Morgan fingerprint density at radius 2 is 1.86 bits per heavy atom. The number of nitrogens with two attached hydrogens (primary N) is 2. The van der Waals surface area contributed by atoms with Crippen LogP contribution < -0.4 is 21.3 Å². The Hall–Kier alpha value is -3.06. The van der Waals surface area contributed by atoms with Gasteiger partial charge in [-0.2, -0.15) is 5.10 Å². The van der Waals surface area contributed by atoms with Crippen molar-refractivity contribution in [1.29, 1.82) is 0 Å². The molecule has 0 atom stereocenters. The second-order valence-electron chi connectivity index (χ2n) is 9.81. The lowest BCUT2D eigenvalue weighted by Crippen LogP contribution is -2.46. The average Bonchev–Trinajstić information content (AvgIpc) is 2.89. The Labute approximate surface area is 209 Å². The number of fused-ring (bicyclic) bond motifs is 1. The zero-order valence-corrected chi connectivity index (χ0v) is 20.9. The summed E-state index contributed by atoms with van der Waals surface area (Å²) < 4.78 is 6.04. The molecule has 0 aromatic heterocycles. The smallest absolute Gasteiger partial charge is 0.227 e. The number of amides is 1. The summed E-state index contributed by atoms with van der Waals surface area (Å²) in [5.41, 5.74) is 4.51. The number of benzene rings is 2. The van der Waals surface area contributed by atoms with Crippen molar-refractivity contribution in [2.24, 2.45) is 16.8 Å². The van der Waals surface area contributed by atoms with Crippen molar-refractivity contribution < 1.29 is 9.53 Å². The largest absolute Gasteiger partial charge is 0.494 e. The maximum Gasteiger partial charge on any atom is 0.227 e. The van der Waals surface area contributed by atoms with E-state index in [4.69, 9.17) is 16.4 Å². The van der Waals surface area contributed by atoms with Crippen molar-refractivity contribution in [2.45, 2.75) is 83.7 Å². The minimum Gasteiger partial charge on any atom is -0.494 e.